The molecule has 2 heterocycles. The van der Waals surface area contributed by atoms with Gasteiger partial charge in [-0.2, -0.15) is 0 Å². The average molecular weight is 233 g/mol. The van der Waals surface area contributed by atoms with Crippen LogP contribution in [0.1, 0.15) is 31.2 Å². The molecule has 3 nitrogen and oxygen atoms in total. The third-order valence-corrected chi connectivity index (χ3v) is 4.15. The van der Waals surface area contributed by atoms with Crippen molar-refractivity contribution in [3.05, 3.63) is 29.8 Å². The van der Waals surface area contributed by atoms with E-state index in [1.54, 1.807) is 0 Å². The van der Waals surface area contributed by atoms with Crippen LogP contribution in [-0.4, -0.2) is 28.4 Å². The summed E-state index contributed by atoms with van der Waals surface area (Å²) in [4.78, 5) is 2.43. The fourth-order valence-corrected chi connectivity index (χ4v) is 3.44. The zero-order valence-corrected chi connectivity index (χ0v) is 9.92. The summed E-state index contributed by atoms with van der Waals surface area (Å²) in [6.07, 6.45) is 3.94. The van der Waals surface area contributed by atoms with E-state index in [2.05, 4.69) is 11.0 Å². The van der Waals surface area contributed by atoms with Crippen LogP contribution >= 0.6 is 0 Å². The van der Waals surface area contributed by atoms with Gasteiger partial charge in [-0.05, 0) is 31.7 Å². The summed E-state index contributed by atoms with van der Waals surface area (Å²) in [5, 5.41) is 19.2. The summed E-state index contributed by atoms with van der Waals surface area (Å²) in [7, 11) is 0. The van der Waals surface area contributed by atoms with Crippen molar-refractivity contribution in [3.8, 4) is 0 Å². The van der Waals surface area contributed by atoms with Crippen LogP contribution < -0.4 is 4.90 Å². The molecule has 2 atom stereocenters. The smallest absolute Gasteiger partial charge is 0.0702 e. The Balaban J connectivity index is 1.94. The number of rotatable bonds is 2. The van der Waals surface area contributed by atoms with Crippen LogP contribution in [-0.2, 0) is 6.61 Å². The van der Waals surface area contributed by atoms with E-state index in [0.29, 0.717) is 12.1 Å². The summed E-state index contributed by atoms with van der Waals surface area (Å²) in [5.74, 6) is 0. The van der Waals surface area contributed by atoms with E-state index >= 15 is 0 Å². The van der Waals surface area contributed by atoms with Crippen LogP contribution in [0.2, 0.25) is 0 Å². The Hall–Kier alpha value is -1.06. The Morgan fingerprint density at radius 1 is 1.12 bits per heavy atom. The van der Waals surface area contributed by atoms with Crippen molar-refractivity contribution >= 4 is 5.69 Å². The third kappa shape index (κ3) is 1.83. The Kier molecular flexibility index (Phi) is 2.81. The predicted octanol–water partition coefficient (Wildman–Crippen LogP) is 1.67. The maximum atomic E-state index is 9.81. The number of piperidine rings is 1. The Morgan fingerprint density at radius 3 is 2.41 bits per heavy atom. The van der Waals surface area contributed by atoms with E-state index in [0.717, 1.165) is 24.1 Å². The SMILES string of the molecule is OCc1ccccc1N1C2CCC1CC(O)C2. The monoisotopic (exact) mass is 233 g/mol. The topological polar surface area (TPSA) is 43.7 Å². The normalized spacial score (nSPS) is 31.9. The lowest BCUT2D eigenvalue weighted by Crippen LogP contribution is -2.45. The Labute approximate surface area is 102 Å². The van der Waals surface area contributed by atoms with E-state index in [1.165, 1.54) is 12.8 Å². The number of hydrogen-bond acceptors (Lipinski definition) is 3. The van der Waals surface area contributed by atoms with Crippen LogP contribution in [0.15, 0.2) is 24.3 Å². The molecule has 2 fully saturated rings. The highest BCUT2D eigenvalue weighted by Crippen LogP contribution is 2.40. The quantitative estimate of drug-likeness (QED) is 0.816. The van der Waals surface area contributed by atoms with E-state index in [1.807, 2.05) is 18.2 Å². The molecule has 1 aromatic rings. The maximum absolute atomic E-state index is 9.81. The number of hydrogen-bond donors (Lipinski definition) is 2. The van der Waals surface area contributed by atoms with Crippen molar-refractivity contribution in [2.45, 2.75) is 50.5 Å². The molecule has 0 amide bonds. The van der Waals surface area contributed by atoms with Gasteiger partial charge in [0.1, 0.15) is 0 Å². The first-order valence-electron chi connectivity index (χ1n) is 6.44. The lowest BCUT2D eigenvalue weighted by atomic mass is 9.98. The minimum Gasteiger partial charge on any atom is -0.393 e. The molecule has 2 bridgehead atoms. The minimum absolute atomic E-state index is 0.0919. The average Bonchev–Trinajstić information content (AvgIpc) is 2.61. The molecule has 1 aromatic carbocycles. The zero-order chi connectivity index (χ0) is 11.8. The van der Waals surface area contributed by atoms with Gasteiger partial charge in [0.2, 0.25) is 0 Å². The fourth-order valence-electron chi connectivity index (χ4n) is 3.44. The lowest BCUT2D eigenvalue weighted by Gasteiger charge is -2.39. The van der Waals surface area contributed by atoms with Gasteiger partial charge in [0.25, 0.3) is 0 Å². The second kappa shape index (κ2) is 4.31. The van der Waals surface area contributed by atoms with Crippen LogP contribution in [0, 0.1) is 0 Å². The number of anilines is 1. The first kappa shape index (κ1) is 11.1. The van der Waals surface area contributed by atoms with Crippen LogP contribution in [0.3, 0.4) is 0 Å². The number of aliphatic hydroxyl groups excluding tert-OH is 2. The highest BCUT2D eigenvalue weighted by atomic mass is 16.3. The van der Waals surface area contributed by atoms with E-state index < -0.39 is 0 Å². The molecule has 2 unspecified atom stereocenters. The minimum atomic E-state index is -0.134. The molecule has 2 aliphatic rings. The van der Waals surface area contributed by atoms with Gasteiger partial charge in [0.05, 0.1) is 12.7 Å². The Bertz CT molecular complexity index is 393. The Morgan fingerprint density at radius 2 is 1.76 bits per heavy atom. The molecule has 2 aliphatic heterocycles. The van der Waals surface area contributed by atoms with Crippen molar-refractivity contribution in [2.24, 2.45) is 0 Å². The molecule has 92 valence electrons. The molecule has 2 N–H and O–H groups in total. The second-order valence-corrected chi connectivity index (χ2v) is 5.20. The molecule has 0 saturated carbocycles. The summed E-state index contributed by atoms with van der Waals surface area (Å²) < 4.78 is 0. The highest BCUT2D eigenvalue weighted by Gasteiger charge is 2.40. The van der Waals surface area contributed by atoms with Gasteiger partial charge in [0, 0.05) is 23.3 Å². The van der Waals surface area contributed by atoms with Crippen molar-refractivity contribution in [3.63, 3.8) is 0 Å². The number of fused-ring (bicyclic) bond motifs is 2. The zero-order valence-electron chi connectivity index (χ0n) is 9.92. The van der Waals surface area contributed by atoms with Crippen LogP contribution in [0.4, 0.5) is 5.69 Å². The van der Waals surface area contributed by atoms with Crippen LogP contribution in [0.25, 0.3) is 0 Å². The van der Waals surface area contributed by atoms with Gasteiger partial charge in [-0.15, -0.1) is 0 Å². The molecule has 3 rings (SSSR count). The molecule has 17 heavy (non-hydrogen) atoms. The highest BCUT2D eigenvalue weighted by molar-refractivity contribution is 5.56. The molecule has 0 spiro atoms. The first-order chi connectivity index (χ1) is 8.29. The number of nitrogens with zero attached hydrogens (tertiary/aromatic N) is 1. The summed E-state index contributed by atoms with van der Waals surface area (Å²) in [6, 6.07) is 8.98. The van der Waals surface area contributed by atoms with Crippen molar-refractivity contribution in [1.82, 2.24) is 0 Å². The lowest BCUT2D eigenvalue weighted by molar-refractivity contribution is 0.126. The summed E-state index contributed by atoms with van der Waals surface area (Å²) in [5.41, 5.74) is 2.16. The van der Waals surface area contributed by atoms with Gasteiger partial charge in [0.15, 0.2) is 0 Å². The van der Waals surface area contributed by atoms with Crippen molar-refractivity contribution in [2.75, 3.05) is 4.90 Å². The molecule has 0 aliphatic carbocycles. The largest absolute Gasteiger partial charge is 0.393 e. The predicted molar refractivity (Wildman–Crippen MR) is 66.9 cm³/mol. The van der Waals surface area contributed by atoms with Gasteiger partial charge in [-0.1, -0.05) is 18.2 Å². The van der Waals surface area contributed by atoms with Gasteiger partial charge in [-0.3, -0.25) is 0 Å². The second-order valence-electron chi connectivity index (χ2n) is 5.20. The van der Waals surface area contributed by atoms with Gasteiger partial charge in [-0.25, -0.2) is 0 Å². The van der Waals surface area contributed by atoms with Gasteiger partial charge < -0.3 is 15.1 Å². The van der Waals surface area contributed by atoms with Crippen LogP contribution in [0.5, 0.6) is 0 Å². The van der Waals surface area contributed by atoms with E-state index in [4.69, 9.17) is 0 Å². The summed E-state index contributed by atoms with van der Waals surface area (Å²) >= 11 is 0. The number of benzene rings is 1. The standard InChI is InChI=1S/C14H19NO2/c16-9-10-3-1-2-4-14(10)15-11-5-6-12(15)8-13(17)7-11/h1-4,11-13,16-17H,5-9H2. The molecular weight excluding hydrogens is 214 g/mol. The molecule has 0 radical (unpaired) electrons. The molecular formula is C14H19NO2. The van der Waals surface area contributed by atoms with E-state index in [-0.39, 0.29) is 12.7 Å². The number of aliphatic hydroxyl groups is 2. The molecule has 2 saturated heterocycles. The van der Waals surface area contributed by atoms with Gasteiger partial charge >= 0.3 is 0 Å². The molecule has 0 aromatic heterocycles. The van der Waals surface area contributed by atoms with Crippen molar-refractivity contribution in [1.29, 1.82) is 0 Å². The van der Waals surface area contributed by atoms with E-state index in [9.17, 15) is 10.2 Å². The summed E-state index contributed by atoms with van der Waals surface area (Å²) in [6.45, 7) is 0.0919. The number of para-hydroxylation sites is 1. The maximum Gasteiger partial charge on any atom is 0.0702 e. The molecule has 3 heteroatoms. The fraction of sp³-hybridized carbons (Fsp3) is 0.571. The third-order valence-electron chi connectivity index (χ3n) is 4.15. The van der Waals surface area contributed by atoms with Crippen molar-refractivity contribution < 1.29 is 10.2 Å². The first-order valence-corrected chi connectivity index (χ1v) is 6.44.